The molecule has 1 saturated heterocycles. The first kappa shape index (κ1) is 16.0. The SMILES string of the molecule is C=C1S/C(c2ccc(N3CC[C@H](O)C3)nc2)=N\CCCNC1=O. The lowest BCUT2D eigenvalue weighted by Crippen LogP contribution is -2.24. The molecule has 7 heteroatoms. The topological polar surface area (TPSA) is 77.8 Å². The fourth-order valence-electron chi connectivity index (χ4n) is 2.56. The third kappa shape index (κ3) is 3.92. The molecular weight excluding hydrogens is 312 g/mol. The van der Waals surface area contributed by atoms with Crippen molar-refractivity contribution in [1.29, 1.82) is 0 Å². The van der Waals surface area contributed by atoms with E-state index in [1.807, 2.05) is 12.1 Å². The summed E-state index contributed by atoms with van der Waals surface area (Å²) in [6.45, 7) is 6.54. The molecule has 3 rings (SSSR count). The van der Waals surface area contributed by atoms with Gasteiger partial charge in [-0.3, -0.25) is 9.79 Å². The zero-order chi connectivity index (χ0) is 16.2. The zero-order valence-electron chi connectivity index (χ0n) is 12.9. The molecule has 0 aromatic carbocycles. The number of carbonyl (C=O) groups excluding carboxylic acids is 1. The van der Waals surface area contributed by atoms with E-state index in [1.165, 1.54) is 11.8 Å². The first-order valence-electron chi connectivity index (χ1n) is 7.72. The number of aliphatic hydroxyl groups excluding tert-OH is 1. The van der Waals surface area contributed by atoms with Crippen LogP contribution in [0.5, 0.6) is 0 Å². The molecule has 122 valence electrons. The molecule has 0 bridgehead atoms. The fraction of sp³-hybridized carbons (Fsp3) is 0.438. The number of aliphatic hydroxyl groups is 1. The third-order valence-corrected chi connectivity index (χ3v) is 4.82. The lowest BCUT2D eigenvalue weighted by molar-refractivity contribution is -0.116. The Labute approximate surface area is 139 Å². The molecule has 1 aromatic rings. The summed E-state index contributed by atoms with van der Waals surface area (Å²) >= 11 is 1.28. The molecule has 2 N–H and O–H groups in total. The highest BCUT2D eigenvalue weighted by Gasteiger charge is 2.21. The van der Waals surface area contributed by atoms with Gasteiger partial charge >= 0.3 is 0 Å². The second-order valence-corrected chi connectivity index (χ2v) is 6.70. The van der Waals surface area contributed by atoms with E-state index in [-0.39, 0.29) is 12.0 Å². The van der Waals surface area contributed by atoms with Gasteiger partial charge in [-0.25, -0.2) is 4.98 Å². The Morgan fingerprint density at radius 3 is 3.00 bits per heavy atom. The Bertz CT molecular complexity index is 629. The summed E-state index contributed by atoms with van der Waals surface area (Å²) in [5.74, 6) is 0.718. The average Bonchev–Trinajstić information content (AvgIpc) is 3.01. The molecular formula is C16H20N4O2S. The number of rotatable bonds is 2. The van der Waals surface area contributed by atoms with Gasteiger partial charge in [0.05, 0.1) is 11.0 Å². The van der Waals surface area contributed by atoms with Crippen LogP contribution in [0, 0.1) is 0 Å². The number of β-amino-alcohol motifs (C(OH)–C–C–N with tert-alkyl or cyclic N) is 1. The minimum absolute atomic E-state index is 0.139. The van der Waals surface area contributed by atoms with Crippen molar-refractivity contribution in [1.82, 2.24) is 10.3 Å². The Hall–Kier alpha value is -1.86. The summed E-state index contributed by atoms with van der Waals surface area (Å²) < 4.78 is 0. The van der Waals surface area contributed by atoms with E-state index in [0.29, 0.717) is 24.5 Å². The number of hydrogen-bond donors (Lipinski definition) is 2. The fourth-order valence-corrected chi connectivity index (χ4v) is 3.35. The summed E-state index contributed by atoms with van der Waals surface area (Å²) in [6, 6.07) is 3.90. The number of aromatic nitrogens is 1. The van der Waals surface area contributed by atoms with Crippen LogP contribution in [0.15, 0.2) is 34.8 Å². The molecule has 2 aliphatic heterocycles. The maximum absolute atomic E-state index is 11.8. The molecule has 23 heavy (non-hydrogen) atoms. The van der Waals surface area contributed by atoms with E-state index in [4.69, 9.17) is 0 Å². The molecule has 0 radical (unpaired) electrons. The van der Waals surface area contributed by atoms with E-state index in [9.17, 15) is 9.90 Å². The number of anilines is 1. The monoisotopic (exact) mass is 332 g/mol. The van der Waals surface area contributed by atoms with Gasteiger partial charge in [0, 0.05) is 37.9 Å². The summed E-state index contributed by atoms with van der Waals surface area (Å²) in [5.41, 5.74) is 0.884. The number of nitrogens with zero attached hydrogens (tertiary/aromatic N) is 3. The summed E-state index contributed by atoms with van der Waals surface area (Å²) in [7, 11) is 0. The molecule has 0 aliphatic carbocycles. The summed E-state index contributed by atoms with van der Waals surface area (Å²) in [6.07, 6.45) is 3.09. The average molecular weight is 332 g/mol. The van der Waals surface area contributed by atoms with Crippen molar-refractivity contribution in [2.45, 2.75) is 18.9 Å². The van der Waals surface area contributed by atoms with Crippen LogP contribution in [-0.4, -0.2) is 53.3 Å². The predicted molar refractivity (Wildman–Crippen MR) is 92.8 cm³/mol. The normalized spacial score (nSPS) is 25.2. The summed E-state index contributed by atoms with van der Waals surface area (Å²) in [4.78, 5) is 23.4. The highest BCUT2D eigenvalue weighted by atomic mass is 32.2. The van der Waals surface area contributed by atoms with Gasteiger partial charge in [0.1, 0.15) is 10.9 Å². The molecule has 0 unspecified atom stereocenters. The van der Waals surface area contributed by atoms with Crippen LogP contribution in [0.4, 0.5) is 5.82 Å². The smallest absolute Gasteiger partial charge is 0.257 e. The Morgan fingerprint density at radius 2 is 2.30 bits per heavy atom. The first-order valence-corrected chi connectivity index (χ1v) is 8.54. The van der Waals surface area contributed by atoms with Gasteiger partial charge in [0.15, 0.2) is 0 Å². The Kier molecular flexibility index (Phi) is 4.97. The van der Waals surface area contributed by atoms with Crippen molar-refractivity contribution in [3.8, 4) is 0 Å². The number of hydrogen-bond acceptors (Lipinski definition) is 6. The molecule has 3 heterocycles. The van der Waals surface area contributed by atoms with Gasteiger partial charge < -0.3 is 15.3 Å². The Morgan fingerprint density at radius 1 is 1.43 bits per heavy atom. The van der Waals surface area contributed by atoms with E-state index in [2.05, 4.69) is 26.8 Å². The standard InChI is InChI=1S/C16H20N4O2S/c1-11-15(22)17-6-2-7-18-16(23-11)12-3-4-14(19-9-12)20-8-5-13(21)10-20/h3-4,9,13,21H,1-2,5-8,10H2,(H,17,22)/b18-16-/t13-/m0/s1. The van der Waals surface area contributed by atoms with Crippen LogP contribution in [-0.2, 0) is 4.79 Å². The van der Waals surface area contributed by atoms with E-state index in [0.717, 1.165) is 35.8 Å². The predicted octanol–water partition coefficient (Wildman–Crippen LogP) is 1.17. The van der Waals surface area contributed by atoms with Crippen molar-refractivity contribution < 1.29 is 9.90 Å². The largest absolute Gasteiger partial charge is 0.391 e. The number of carbonyl (C=O) groups is 1. The van der Waals surface area contributed by atoms with E-state index >= 15 is 0 Å². The molecule has 1 atom stereocenters. The van der Waals surface area contributed by atoms with Gasteiger partial charge in [-0.1, -0.05) is 18.3 Å². The lowest BCUT2D eigenvalue weighted by atomic mass is 10.3. The van der Waals surface area contributed by atoms with Crippen LogP contribution < -0.4 is 10.2 Å². The quantitative estimate of drug-likeness (QED) is 0.795. The second-order valence-electron chi connectivity index (χ2n) is 5.62. The second kappa shape index (κ2) is 7.14. The van der Waals surface area contributed by atoms with E-state index in [1.54, 1.807) is 6.20 Å². The molecule has 0 saturated carbocycles. The van der Waals surface area contributed by atoms with E-state index < -0.39 is 0 Å². The first-order chi connectivity index (χ1) is 11.1. The zero-order valence-corrected chi connectivity index (χ0v) is 13.7. The molecule has 1 amide bonds. The van der Waals surface area contributed by atoms with Gasteiger partial charge in [-0.15, -0.1) is 0 Å². The van der Waals surface area contributed by atoms with Gasteiger partial charge in [-0.2, -0.15) is 0 Å². The molecule has 1 aromatic heterocycles. The van der Waals surface area contributed by atoms with Crippen molar-refractivity contribution in [2.75, 3.05) is 31.1 Å². The molecule has 6 nitrogen and oxygen atoms in total. The molecule has 0 spiro atoms. The van der Waals surface area contributed by atoms with Gasteiger partial charge in [0.25, 0.3) is 5.91 Å². The minimum atomic E-state index is -0.271. The van der Waals surface area contributed by atoms with Crippen LogP contribution in [0.2, 0.25) is 0 Å². The maximum atomic E-state index is 11.8. The maximum Gasteiger partial charge on any atom is 0.257 e. The Balaban J connectivity index is 1.76. The number of amides is 1. The van der Waals surface area contributed by atoms with Crippen LogP contribution in [0.3, 0.4) is 0 Å². The van der Waals surface area contributed by atoms with Crippen molar-refractivity contribution >= 4 is 28.5 Å². The van der Waals surface area contributed by atoms with Crippen LogP contribution >= 0.6 is 11.8 Å². The summed E-state index contributed by atoms with van der Waals surface area (Å²) in [5, 5.41) is 13.2. The van der Waals surface area contributed by atoms with Gasteiger partial charge in [-0.05, 0) is 25.0 Å². The minimum Gasteiger partial charge on any atom is -0.391 e. The van der Waals surface area contributed by atoms with Gasteiger partial charge in [0.2, 0.25) is 0 Å². The molecule has 1 fully saturated rings. The van der Waals surface area contributed by atoms with Crippen LogP contribution in [0.25, 0.3) is 0 Å². The molecule has 2 aliphatic rings. The van der Waals surface area contributed by atoms with Crippen molar-refractivity contribution in [2.24, 2.45) is 4.99 Å². The number of thioether (sulfide) groups is 1. The van der Waals surface area contributed by atoms with Crippen molar-refractivity contribution in [3.05, 3.63) is 35.4 Å². The lowest BCUT2D eigenvalue weighted by Gasteiger charge is -2.16. The third-order valence-electron chi connectivity index (χ3n) is 3.83. The van der Waals surface area contributed by atoms with Crippen molar-refractivity contribution in [3.63, 3.8) is 0 Å². The highest BCUT2D eigenvalue weighted by Crippen LogP contribution is 2.24. The highest BCUT2D eigenvalue weighted by molar-refractivity contribution is 8.18. The van der Waals surface area contributed by atoms with Crippen LogP contribution in [0.1, 0.15) is 18.4 Å². The number of aliphatic imine (C=N–C) groups is 1. The number of nitrogens with one attached hydrogen (secondary N) is 1. The number of pyridine rings is 1.